The molecule has 4 aromatic carbocycles. The van der Waals surface area contributed by atoms with Gasteiger partial charge in [-0.05, 0) is 40.4 Å². The molecule has 0 aliphatic carbocycles. The van der Waals surface area contributed by atoms with Gasteiger partial charge in [0.05, 0.1) is 9.80 Å². The summed E-state index contributed by atoms with van der Waals surface area (Å²) in [5.74, 6) is 0. The fourth-order valence-electron chi connectivity index (χ4n) is 3.06. The average Bonchev–Trinajstić information content (AvgIpc) is 2.75. The van der Waals surface area contributed by atoms with Gasteiger partial charge in [-0.25, -0.2) is 8.42 Å². The molecule has 0 amide bonds. The van der Waals surface area contributed by atoms with E-state index < -0.39 is 9.84 Å². The number of rotatable bonds is 5. The van der Waals surface area contributed by atoms with E-state index in [2.05, 4.69) is 0 Å². The predicted octanol–water partition coefficient (Wildman–Crippen LogP) is 6.40. The maximum atomic E-state index is 13.5. The smallest absolute Gasteiger partial charge is 0.207 e. The zero-order valence-electron chi connectivity index (χ0n) is 15.0. The Kier molecular flexibility index (Phi) is 5.33. The van der Waals surface area contributed by atoms with Gasteiger partial charge in [-0.2, -0.15) is 0 Å². The van der Waals surface area contributed by atoms with Crippen LogP contribution in [0.1, 0.15) is 5.56 Å². The summed E-state index contributed by atoms with van der Waals surface area (Å²) in [6, 6.07) is 32.0. The first-order valence-corrected chi connectivity index (χ1v) is 11.2. The van der Waals surface area contributed by atoms with Crippen LogP contribution in [0, 0.1) is 0 Å². The molecule has 0 saturated carbocycles. The highest BCUT2D eigenvalue weighted by atomic mass is 32.2. The van der Waals surface area contributed by atoms with Crippen molar-refractivity contribution >= 4 is 37.3 Å². The van der Waals surface area contributed by atoms with Gasteiger partial charge in [0.2, 0.25) is 9.84 Å². The fraction of sp³-hybridized carbons (Fsp3) is 0. The standard InChI is InChI=1S/C24H18O2S2/c25-28(26,21-14-5-2-6-15-21)24(18-27-20-12-3-1-4-13-20)23-17-9-11-19-10-7-8-16-22(19)23/h1-18H/b24-18+. The van der Waals surface area contributed by atoms with Gasteiger partial charge in [-0.15, -0.1) is 0 Å². The normalized spacial score (nSPS) is 12.2. The molecule has 0 aliphatic rings. The maximum absolute atomic E-state index is 13.5. The molecule has 0 aromatic heterocycles. The van der Waals surface area contributed by atoms with Gasteiger partial charge in [0, 0.05) is 10.5 Å². The number of hydrogen-bond donors (Lipinski definition) is 0. The van der Waals surface area contributed by atoms with Crippen molar-refractivity contribution in [2.75, 3.05) is 0 Å². The van der Waals surface area contributed by atoms with E-state index in [1.165, 1.54) is 11.8 Å². The lowest BCUT2D eigenvalue weighted by molar-refractivity contribution is 0.606. The average molecular weight is 403 g/mol. The summed E-state index contributed by atoms with van der Waals surface area (Å²) in [6.45, 7) is 0. The molecule has 0 aliphatic heterocycles. The second kappa shape index (κ2) is 8.05. The molecule has 0 spiro atoms. The lowest BCUT2D eigenvalue weighted by Gasteiger charge is -2.13. The summed E-state index contributed by atoms with van der Waals surface area (Å²) in [7, 11) is -3.68. The molecule has 4 rings (SSSR count). The summed E-state index contributed by atoms with van der Waals surface area (Å²) < 4.78 is 27.0. The van der Waals surface area contributed by atoms with Gasteiger partial charge >= 0.3 is 0 Å². The summed E-state index contributed by atoms with van der Waals surface area (Å²) in [6.07, 6.45) is 0. The van der Waals surface area contributed by atoms with Crippen LogP contribution in [0.4, 0.5) is 0 Å². The van der Waals surface area contributed by atoms with E-state index in [-0.39, 0.29) is 0 Å². The van der Waals surface area contributed by atoms with Crippen molar-refractivity contribution in [3.8, 4) is 0 Å². The van der Waals surface area contributed by atoms with Crippen LogP contribution in [0.2, 0.25) is 0 Å². The van der Waals surface area contributed by atoms with Crippen molar-refractivity contribution in [1.29, 1.82) is 0 Å². The van der Waals surface area contributed by atoms with Gasteiger partial charge in [0.1, 0.15) is 0 Å². The Labute approximate surface area is 169 Å². The van der Waals surface area contributed by atoms with E-state index in [4.69, 9.17) is 0 Å². The zero-order chi connectivity index (χ0) is 19.4. The number of fused-ring (bicyclic) bond motifs is 1. The lowest BCUT2D eigenvalue weighted by atomic mass is 10.0. The molecule has 2 nitrogen and oxygen atoms in total. The molecule has 0 fully saturated rings. The third kappa shape index (κ3) is 3.75. The van der Waals surface area contributed by atoms with Crippen molar-refractivity contribution in [3.05, 3.63) is 114 Å². The van der Waals surface area contributed by atoms with E-state index >= 15 is 0 Å². The number of benzene rings is 4. The Morgan fingerprint density at radius 2 is 1.29 bits per heavy atom. The first kappa shape index (κ1) is 18.5. The monoisotopic (exact) mass is 402 g/mol. The molecule has 4 aromatic rings. The molecule has 0 radical (unpaired) electrons. The van der Waals surface area contributed by atoms with Crippen molar-refractivity contribution in [2.24, 2.45) is 0 Å². The topological polar surface area (TPSA) is 34.1 Å². The molecule has 0 N–H and O–H groups in total. The summed E-state index contributed by atoms with van der Waals surface area (Å²) in [5, 5.41) is 3.68. The third-order valence-electron chi connectivity index (χ3n) is 4.44. The highest BCUT2D eigenvalue weighted by Gasteiger charge is 2.23. The molecular formula is C24H18O2S2. The van der Waals surface area contributed by atoms with Crippen molar-refractivity contribution in [2.45, 2.75) is 9.79 Å². The van der Waals surface area contributed by atoms with Crippen molar-refractivity contribution < 1.29 is 8.42 Å². The van der Waals surface area contributed by atoms with Gasteiger partial charge in [0.25, 0.3) is 0 Å². The minimum Gasteiger partial charge on any atom is -0.218 e. The molecular weight excluding hydrogens is 384 g/mol. The van der Waals surface area contributed by atoms with Gasteiger partial charge < -0.3 is 0 Å². The second-order valence-corrected chi connectivity index (χ2v) is 9.12. The highest BCUT2D eigenvalue weighted by molar-refractivity contribution is 8.05. The van der Waals surface area contributed by atoms with Gasteiger partial charge in [-0.1, -0.05) is 90.6 Å². The quantitative estimate of drug-likeness (QED) is 0.362. The van der Waals surface area contributed by atoms with Crippen LogP contribution < -0.4 is 0 Å². The Balaban J connectivity index is 1.91. The number of thioether (sulfide) groups is 1. The summed E-state index contributed by atoms with van der Waals surface area (Å²) in [5.41, 5.74) is 0.713. The van der Waals surface area contributed by atoms with E-state index in [1.807, 2.05) is 78.9 Å². The van der Waals surface area contributed by atoms with Gasteiger partial charge in [-0.3, -0.25) is 0 Å². The van der Waals surface area contributed by atoms with Crippen LogP contribution in [0.15, 0.2) is 118 Å². The Morgan fingerprint density at radius 1 is 0.679 bits per heavy atom. The van der Waals surface area contributed by atoms with Crippen molar-refractivity contribution in [3.63, 3.8) is 0 Å². The molecule has 0 unspecified atom stereocenters. The minimum absolute atomic E-state index is 0.294. The van der Waals surface area contributed by atoms with E-state index in [0.717, 1.165) is 15.7 Å². The maximum Gasteiger partial charge on any atom is 0.207 e. The van der Waals surface area contributed by atoms with Crippen LogP contribution in [-0.2, 0) is 9.84 Å². The first-order valence-electron chi connectivity index (χ1n) is 8.86. The Bertz CT molecular complexity index is 1220. The largest absolute Gasteiger partial charge is 0.218 e. The molecule has 138 valence electrons. The van der Waals surface area contributed by atoms with E-state index in [9.17, 15) is 8.42 Å². The lowest BCUT2D eigenvalue weighted by Crippen LogP contribution is -2.04. The molecule has 0 bridgehead atoms. The zero-order valence-corrected chi connectivity index (χ0v) is 16.7. The highest BCUT2D eigenvalue weighted by Crippen LogP contribution is 2.35. The number of sulfone groups is 1. The van der Waals surface area contributed by atoms with E-state index in [0.29, 0.717) is 15.4 Å². The SMILES string of the molecule is O=S(=O)(/C(=C/Sc1ccccc1)c1cccc2ccccc12)c1ccccc1. The number of hydrogen-bond acceptors (Lipinski definition) is 3. The van der Waals surface area contributed by atoms with Gasteiger partial charge in [0.15, 0.2) is 0 Å². The van der Waals surface area contributed by atoms with Crippen LogP contribution in [0.5, 0.6) is 0 Å². The summed E-state index contributed by atoms with van der Waals surface area (Å²) in [4.78, 5) is 1.59. The second-order valence-electron chi connectivity index (χ2n) is 6.26. The fourth-order valence-corrected chi connectivity index (χ4v) is 5.63. The van der Waals surface area contributed by atoms with Crippen molar-refractivity contribution in [1.82, 2.24) is 0 Å². The Morgan fingerprint density at radius 3 is 2.04 bits per heavy atom. The molecule has 0 saturated heterocycles. The van der Waals surface area contributed by atoms with Crippen LogP contribution in [0.3, 0.4) is 0 Å². The molecule has 0 atom stereocenters. The molecule has 4 heteroatoms. The van der Waals surface area contributed by atoms with Crippen LogP contribution in [-0.4, -0.2) is 8.42 Å². The summed E-state index contributed by atoms with van der Waals surface area (Å²) >= 11 is 1.41. The minimum atomic E-state index is -3.68. The van der Waals surface area contributed by atoms with Crippen LogP contribution >= 0.6 is 11.8 Å². The third-order valence-corrected chi connectivity index (χ3v) is 7.30. The Hall–Kier alpha value is -2.82. The molecule has 0 heterocycles. The predicted molar refractivity (Wildman–Crippen MR) is 118 cm³/mol. The first-order chi connectivity index (χ1) is 13.7. The molecule has 28 heavy (non-hydrogen) atoms. The van der Waals surface area contributed by atoms with Crippen LogP contribution in [0.25, 0.3) is 15.7 Å². The van der Waals surface area contributed by atoms with E-state index in [1.54, 1.807) is 29.7 Å².